The van der Waals surface area contributed by atoms with Gasteiger partial charge in [0.05, 0.1) is 12.2 Å². The summed E-state index contributed by atoms with van der Waals surface area (Å²) >= 11 is 5.77. The van der Waals surface area contributed by atoms with Gasteiger partial charge in [0.25, 0.3) is 5.91 Å². The van der Waals surface area contributed by atoms with Gasteiger partial charge in [-0.2, -0.15) is 0 Å². The average molecular weight is 255 g/mol. The Labute approximate surface area is 105 Å². The zero-order valence-corrected chi connectivity index (χ0v) is 10.2. The van der Waals surface area contributed by atoms with Gasteiger partial charge in [0.1, 0.15) is 0 Å². The van der Waals surface area contributed by atoms with Crippen LogP contribution in [0.15, 0.2) is 18.2 Å². The summed E-state index contributed by atoms with van der Waals surface area (Å²) in [4.78, 5) is 11.9. The number of rotatable bonds is 3. The standard InChI is InChI=1S/C12H15ClN2O2/c13-9-1-2-10(11(14)5-9)12(16)15-6-8-3-4-17-7-8/h1-2,5,8H,3-4,6-7,14H2,(H,15,16). The molecule has 1 saturated heterocycles. The van der Waals surface area contributed by atoms with E-state index < -0.39 is 0 Å². The molecule has 0 bridgehead atoms. The van der Waals surface area contributed by atoms with Gasteiger partial charge in [-0.1, -0.05) is 11.6 Å². The zero-order chi connectivity index (χ0) is 12.3. The molecule has 92 valence electrons. The topological polar surface area (TPSA) is 64.4 Å². The average Bonchev–Trinajstić information content (AvgIpc) is 2.78. The fraction of sp³-hybridized carbons (Fsp3) is 0.417. The van der Waals surface area contributed by atoms with Crippen LogP contribution in [0.25, 0.3) is 0 Å². The maximum atomic E-state index is 11.9. The minimum atomic E-state index is -0.161. The van der Waals surface area contributed by atoms with Gasteiger partial charge in [-0.15, -0.1) is 0 Å². The molecule has 1 aromatic carbocycles. The molecule has 0 aliphatic carbocycles. The molecular weight excluding hydrogens is 240 g/mol. The Morgan fingerprint density at radius 3 is 3.06 bits per heavy atom. The van der Waals surface area contributed by atoms with Crippen molar-refractivity contribution >= 4 is 23.2 Å². The Hall–Kier alpha value is -1.26. The summed E-state index contributed by atoms with van der Waals surface area (Å²) < 4.78 is 5.24. The summed E-state index contributed by atoms with van der Waals surface area (Å²) in [5.41, 5.74) is 6.60. The Kier molecular flexibility index (Phi) is 3.86. The first-order chi connectivity index (χ1) is 8.16. The maximum Gasteiger partial charge on any atom is 0.253 e. The predicted molar refractivity (Wildman–Crippen MR) is 67.1 cm³/mol. The molecule has 1 amide bonds. The smallest absolute Gasteiger partial charge is 0.253 e. The molecule has 0 spiro atoms. The molecule has 1 aliphatic rings. The number of nitrogens with one attached hydrogen (secondary N) is 1. The van der Waals surface area contributed by atoms with E-state index >= 15 is 0 Å². The van der Waals surface area contributed by atoms with Crippen molar-refractivity contribution in [2.75, 3.05) is 25.5 Å². The highest BCUT2D eigenvalue weighted by atomic mass is 35.5. The number of ether oxygens (including phenoxy) is 1. The summed E-state index contributed by atoms with van der Waals surface area (Å²) in [7, 11) is 0. The number of hydrogen-bond donors (Lipinski definition) is 2. The largest absolute Gasteiger partial charge is 0.398 e. The van der Waals surface area contributed by atoms with Crippen molar-refractivity contribution in [2.24, 2.45) is 5.92 Å². The van der Waals surface area contributed by atoms with Crippen molar-refractivity contribution in [3.05, 3.63) is 28.8 Å². The molecule has 17 heavy (non-hydrogen) atoms. The summed E-state index contributed by atoms with van der Waals surface area (Å²) in [6.45, 7) is 2.13. The Bertz CT molecular complexity index is 417. The number of amides is 1. The van der Waals surface area contributed by atoms with Gasteiger partial charge in [0.2, 0.25) is 0 Å². The third-order valence-corrected chi connectivity index (χ3v) is 3.07. The van der Waals surface area contributed by atoms with Crippen molar-refractivity contribution in [1.82, 2.24) is 5.32 Å². The van der Waals surface area contributed by atoms with Crippen LogP contribution in [0.4, 0.5) is 5.69 Å². The number of halogens is 1. The fourth-order valence-electron chi connectivity index (χ4n) is 1.82. The van der Waals surface area contributed by atoms with Gasteiger partial charge in [0.15, 0.2) is 0 Å². The van der Waals surface area contributed by atoms with E-state index in [1.165, 1.54) is 0 Å². The van der Waals surface area contributed by atoms with Crippen LogP contribution in [0.1, 0.15) is 16.8 Å². The van der Waals surface area contributed by atoms with Gasteiger partial charge in [0, 0.05) is 29.8 Å². The minimum absolute atomic E-state index is 0.161. The lowest BCUT2D eigenvalue weighted by atomic mass is 10.1. The van der Waals surface area contributed by atoms with Crippen LogP contribution >= 0.6 is 11.6 Å². The third kappa shape index (κ3) is 3.11. The van der Waals surface area contributed by atoms with Crippen LogP contribution in [0.2, 0.25) is 5.02 Å². The second kappa shape index (κ2) is 5.38. The minimum Gasteiger partial charge on any atom is -0.398 e. The second-order valence-electron chi connectivity index (χ2n) is 4.17. The molecule has 1 aromatic rings. The van der Waals surface area contributed by atoms with Gasteiger partial charge in [-0.25, -0.2) is 0 Å². The van der Waals surface area contributed by atoms with Crippen LogP contribution in [0.5, 0.6) is 0 Å². The van der Waals surface area contributed by atoms with E-state index in [-0.39, 0.29) is 5.91 Å². The van der Waals surface area contributed by atoms with E-state index in [1.807, 2.05) is 0 Å². The van der Waals surface area contributed by atoms with Gasteiger partial charge in [-0.3, -0.25) is 4.79 Å². The molecule has 1 atom stereocenters. The van der Waals surface area contributed by atoms with Gasteiger partial charge >= 0.3 is 0 Å². The molecule has 0 radical (unpaired) electrons. The third-order valence-electron chi connectivity index (χ3n) is 2.83. The first-order valence-electron chi connectivity index (χ1n) is 5.58. The lowest BCUT2D eigenvalue weighted by Crippen LogP contribution is -2.30. The van der Waals surface area contributed by atoms with E-state index in [0.717, 1.165) is 19.6 Å². The van der Waals surface area contributed by atoms with Crippen LogP contribution in [-0.4, -0.2) is 25.7 Å². The molecule has 1 heterocycles. The van der Waals surface area contributed by atoms with E-state index in [9.17, 15) is 4.79 Å². The monoisotopic (exact) mass is 254 g/mol. The Morgan fingerprint density at radius 2 is 2.41 bits per heavy atom. The lowest BCUT2D eigenvalue weighted by molar-refractivity contribution is 0.0946. The van der Waals surface area contributed by atoms with Crippen LogP contribution < -0.4 is 11.1 Å². The van der Waals surface area contributed by atoms with E-state index in [0.29, 0.717) is 28.7 Å². The van der Waals surface area contributed by atoms with Crippen LogP contribution in [-0.2, 0) is 4.74 Å². The van der Waals surface area contributed by atoms with E-state index in [2.05, 4.69) is 5.32 Å². The summed E-state index contributed by atoms with van der Waals surface area (Å²) in [5, 5.41) is 3.39. The number of carbonyl (C=O) groups is 1. The number of carbonyl (C=O) groups excluding carboxylic acids is 1. The fourth-order valence-corrected chi connectivity index (χ4v) is 2.00. The van der Waals surface area contributed by atoms with Crippen LogP contribution in [0.3, 0.4) is 0 Å². The molecule has 1 aliphatic heterocycles. The summed E-state index contributed by atoms with van der Waals surface area (Å²) in [6.07, 6.45) is 0.996. The number of benzene rings is 1. The highest BCUT2D eigenvalue weighted by molar-refractivity contribution is 6.31. The zero-order valence-electron chi connectivity index (χ0n) is 9.41. The van der Waals surface area contributed by atoms with Crippen molar-refractivity contribution in [1.29, 1.82) is 0 Å². The molecular formula is C12H15ClN2O2. The van der Waals surface area contributed by atoms with E-state index in [1.54, 1.807) is 18.2 Å². The normalized spacial score (nSPS) is 19.2. The molecule has 1 fully saturated rings. The highest BCUT2D eigenvalue weighted by Gasteiger charge is 2.17. The number of nitrogen functional groups attached to an aromatic ring is 1. The second-order valence-corrected chi connectivity index (χ2v) is 4.61. The first-order valence-corrected chi connectivity index (χ1v) is 5.95. The molecule has 0 aromatic heterocycles. The number of nitrogens with two attached hydrogens (primary N) is 1. The lowest BCUT2D eigenvalue weighted by Gasteiger charge is -2.10. The van der Waals surface area contributed by atoms with Gasteiger partial charge < -0.3 is 15.8 Å². The molecule has 0 saturated carbocycles. The summed E-state index contributed by atoms with van der Waals surface area (Å²) in [6, 6.07) is 4.87. The van der Waals surface area contributed by atoms with Crippen molar-refractivity contribution in [2.45, 2.75) is 6.42 Å². The quantitative estimate of drug-likeness (QED) is 0.807. The van der Waals surface area contributed by atoms with Crippen molar-refractivity contribution < 1.29 is 9.53 Å². The maximum absolute atomic E-state index is 11.9. The van der Waals surface area contributed by atoms with Crippen LogP contribution in [0, 0.1) is 5.92 Å². The van der Waals surface area contributed by atoms with Crippen molar-refractivity contribution in [3.63, 3.8) is 0 Å². The molecule has 4 nitrogen and oxygen atoms in total. The number of hydrogen-bond acceptors (Lipinski definition) is 3. The molecule has 3 N–H and O–H groups in total. The van der Waals surface area contributed by atoms with Crippen molar-refractivity contribution in [3.8, 4) is 0 Å². The Morgan fingerprint density at radius 1 is 1.59 bits per heavy atom. The molecule has 2 rings (SSSR count). The summed E-state index contributed by atoms with van der Waals surface area (Å²) in [5.74, 6) is 0.249. The molecule has 1 unspecified atom stereocenters. The van der Waals surface area contributed by atoms with E-state index in [4.69, 9.17) is 22.1 Å². The molecule has 5 heteroatoms. The number of anilines is 1. The first kappa shape index (κ1) is 12.2. The SMILES string of the molecule is Nc1cc(Cl)ccc1C(=O)NCC1CCOC1. The highest BCUT2D eigenvalue weighted by Crippen LogP contribution is 2.18. The predicted octanol–water partition coefficient (Wildman–Crippen LogP) is 1.69. The Balaban J connectivity index is 1.94. The van der Waals surface area contributed by atoms with Gasteiger partial charge in [-0.05, 0) is 24.6 Å².